The molecular formula is C25H31FN6O5. The fourth-order valence-corrected chi connectivity index (χ4v) is 4.20. The number of amides is 1. The van der Waals surface area contributed by atoms with Gasteiger partial charge < -0.3 is 19.9 Å². The Kier molecular flexibility index (Phi) is 7.69. The second kappa shape index (κ2) is 10.8. The highest BCUT2D eigenvalue weighted by Gasteiger charge is 2.55. The van der Waals surface area contributed by atoms with Crippen LogP contribution in [0, 0.1) is 5.92 Å². The van der Waals surface area contributed by atoms with Crippen molar-refractivity contribution in [2.75, 3.05) is 24.3 Å². The van der Waals surface area contributed by atoms with E-state index in [0.717, 1.165) is 5.56 Å². The Labute approximate surface area is 213 Å². The molecule has 3 N–H and O–H groups in total. The van der Waals surface area contributed by atoms with Gasteiger partial charge in [0.1, 0.15) is 18.8 Å². The molecule has 1 saturated heterocycles. The zero-order valence-electron chi connectivity index (χ0n) is 21.1. The van der Waals surface area contributed by atoms with E-state index in [1.807, 2.05) is 32.0 Å². The molecule has 11 nitrogen and oxygen atoms in total. The number of halogens is 1. The van der Waals surface area contributed by atoms with Gasteiger partial charge in [-0.3, -0.25) is 19.5 Å². The van der Waals surface area contributed by atoms with Crippen molar-refractivity contribution in [2.24, 2.45) is 5.92 Å². The third-order valence-corrected chi connectivity index (χ3v) is 6.07. The van der Waals surface area contributed by atoms with Crippen LogP contribution in [0.4, 0.5) is 16.2 Å². The minimum Gasteiger partial charge on any atom is -0.463 e. The van der Waals surface area contributed by atoms with Crippen LogP contribution in [0.5, 0.6) is 0 Å². The van der Waals surface area contributed by atoms with E-state index in [4.69, 9.17) is 9.47 Å². The summed E-state index contributed by atoms with van der Waals surface area (Å²) >= 11 is 0. The van der Waals surface area contributed by atoms with E-state index in [9.17, 15) is 14.7 Å². The number of hydrogen-bond donors (Lipinski definition) is 3. The van der Waals surface area contributed by atoms with Crippen LogP contribution in [0.15, 0.2) is 36.7 Å². The highest BCUT2D eigenvalue weighted by molar-refractivity contribution is 5.91. The number of benzene rings is 1. The minimum absolute atomic E-state index is 0.0229. The summed E-state index contributed by atoms with van der Waals surface area (Å²) in [6.45, 7) is 4.70. The summed E-state index contributed by atoms with van der Waals surface area (Å²) in [6, 6.07) is 9.05. The summed E-state index contributed by atoms with van der Waals surface area (Å²) in [5, 5.41) is 16.2. The molecule has 2 aromatic heterocycles. The van der Waals surface area contributed by atoms with Crippen molar-refractivity contribution >= 4 is 34.8 Å². The van der Waals surface area contributed by atoms with Crippen molar-refractivity contribution in [1.29, 1.82) is 0 Å². The number of ether oxygens (including phenoxy) is 2. The molecule has 1 aromatic carbocycles. The lowest BCUT2D eigenvalue weighted by Crippen LogP contribution is -2.41. The van der Waals surface area contributed by atoms with Gasteiger partial charge in [-0.2, -0.15) is 9.97 Å². The Hall–Kier alpha value is -3.64. The van der Waals surface area contributed by atoms with Crippen LogP contribution in [0.2, 0.25) is 0 Å². The first kappa shape index (κ1) is 26.4. The molecule has 198 valence electrons. The van der Waals surface area contributed by atoms with Crippen LogP contribution < -0.4 is 10.6 Å². The van der Waals surface area contributed by atoms with Crippen molar-refractivity contribution in [2.45, 2.75) is 57.7 Å². The lowest BCUT2D eigenvalue weighted by molar-refractivity contribution is -0.149. The highest BCUT2D eigenvalue weighted by Crippen LogP contribution is 2.42. The number of imidazole rings is 1. The fraction of sp³-hybridized carbons (Fsp3) is 0.480. The number of fused-ring (bicyclic) bond motifs is 1. The largest absolute Gasteiger partial charge is 0.463 e. The van der Waals surface area contributed by atoms with E-state index >= 15 is 4.39 Å². The van der Waals surface area contributed by atoms with Crippen molar-refractivity contribution in [3.63, 3.8) is 0 Å². The van der Waals surface area contributed by atoms with Crippen LogP contribution in [-0.2, 0) is 25.5 Å². The normalized spacial score (nSPS) is 23.4. The molecule has 4 rings (SSSR count). The Bertz CT molecular complexity index is 1270. The molecule has 1 aliphatic rings. The Morgan fingerprint density at radius 1 is 1.27 bits per heavy atom. The maximum atomic E-state index is 15.8. The third kappa shape index (κ3) is 5.70. The van der Waals surface area contributed by atoms with Gasteiger partial charge in [-0.1, -0.05) is 44.2 Å². The van der Waals surface area contributed by atoms with Crippen molar-refractivity contribution in [3.05, 3.63) is 42.2 Å². The number of aliphatic hydroxyl groups excluding tert-OH is 1. The summed E-state index contributed by atoms with van der Waals surface area (Å²) in [5.41, 5.74) is -0.969. The fourth-order valence-electron chi connectivity index (χ4n) is 4.20. The van der Waals surface area contributed by atoms with Crippen molar-refractivity contribution in [1.82, 2.24) is 19.5 Å². The number of carbonyl (C=O) groups is 2. The Morgan fingerprint density at radius 2 is 2.00 bits per heavy atom. The predicted octanol–water partition coefficient (Wildman–Crippen LogP) is 2.62. The molecular weight excluding hydrogens is 483 g/mol. The van der Waals surface area contributed by atoms with E-state index in [-0.39, 0.29) is 42.9 Å². The van der Waals surface area contributed by atoms with Gasteiger partial charge in [0.2, 0.25) is 11.9 Å². The Balaban J connectivity index is 1.54. The van der Waals surface area contributed by atoms with E-state index in [1.165, 1.54) is 17.8 Å². The lowest BCUT2D eigenvalue weighted by Gasteiger charge is -2.24. The van der Waals surface area contributed by atoms with E-state index in [0.29, 0.717) is 11.3 Å². The predicted molar refractivity (Wildman–Crippen MR) is 133 cm³/mol. The Morgan fingerprint density at radius 3 is 2.68 bits per heavy atom. The molecule has 0 saturated carbocycles. The number of hydrogen-bond acceptors (Lipinski definition) is 9. The molecule has 0 spiro atoms. The molecule has 3 aromatic rings. The minimum atomic E-state index is -2.27. The molecule has 1 amide bonds. The number of alkyl halides is 1. The highest BCUT2D eigenvalue weighted by atomic mass is 19.1. The SMILES string of the molecule is CNc1nc(NC(=O)CC(C)C)nc2c1ncn2C1O[C@H](COC(=O)Cc2ccccc2)[C@@H](O)[C@@]1(C)F. The first-order chi connectivity index (χ1) is 17.6. The molecule has 12 heteroatoms. The van der Waals surface area contributed by atoms with E-state index < -0.39 is 30.1 Å². The van der Waals surface area contributed by atoms with Crippen LogP contribution in [0.3, 0.4) is 0 Å². The van der Waals surface area contributed by atoms with Gasteiger partial charge in [0.25, 0.3) is 0 Å². The number of anilines is 2. The maximum absolute atomic E-state index is 15.8. The first-order valence-electron chi connectivity index (χ1n) is 12.0. The molecule has 0 bridgehead atoms. The van der Waals surface area contributed by atoms with Gasteiger partial charge in [-0.25, -0.2) is 9.37 Å². The summed E-state index contributed by atoms with van der Waals surface area (Å²) in [4.78, 5) is 37.5. The van der Waals surface area contributed by atoms with Crippen LogP contribution in [-0.4, -0.2) is 68.0 Å². The summed E-state index contributed by atoms with van der Waals surface area (Å²) in [6.07, 6.45) is -2.38. The quantitative estimate of drug-likeness (QED) is 0.368. The average molecular weight is 515 g/mol. The molecule has 1 aliphatic heterocycles. The maximum Gasteiger partial charge on any atom is 0.310 e. The smallest absolute Gasteiger partial charge is 0.310 e. The lowest BCUT2D eigenvalue weighted by atomic mass is 9.98. The monoisotopic (exact) mass is 514 g/mol. The molecule has 0 aliphatic carbocycles. The first-order valence-corrected chi connectivity index (χ1v) is 12.0. The van der Waals surface area contributed by atoms with Crippen LogP contribution in [0.25, 0.3) is 11.2 Å². The van der Waals surface area contributed by atoms with Gasteiger partial charge in [-0.05, 0) is 18.4 Å². The number of aliphatic hydroxyl groups is 1. The third-order valence-electron chi connectivity index (χ3n) is 6.07. The van der Waals surface area contributed by atoms with Crippen molar-refractivity contribution in [3.8, 4) is 0 Å². The second-order valence-corrected chi connectivity index (χ2v) is 9.58. The number of carbonyl (C=O) groups excluding carboxylic acids is 2. The molecule has 1 unspecified atom stereocenters. The van der Waals surface area contributed by atoms with Gasteiger partial charge in [0.05, 0.1) is 12.7 Å². The number of nitrogens with zero attached hydrogens (tertiary/aromatic N) is 4. The van der Waals surface area contributed by atoms with E-state index in [1.54, 1.807) is 19.2 Å². The zero-order chi connectivity index (χ0) is 26.7. The van der Waals surface area contributed by atoms with Gasteiger partial charge in [-0.15, -0.1) is 0 Å². The summed E-state index contributed by atoms with van der Waals surface area (Å²) in [5.74, 6) is -0.295. The van der Waals surface area contributed by atoms with Crippen molar-refractivity contribution < 1.29 is 28.6 Å². The number of esters is 1. The standard InChI is InChI=1S/C25H31FN6O5/c1-14(2)10-17(33)29-24-30-21(27-4)19-22(31-24)32(13-28-19)23-25(3,26)20(35)16(37-23)12-36-18(34)11-15-8-6-5-7-9-15/h5-9,13-14,16,20,23,35H,10-12H2,1-4H3,(H2,27,29,30,31,33)/t16-,20-,23?,25-/m1/s1. The average Bonchev–Trinajstić information content (AvgIpc) is 3.35. The van der Waals surface area contributed by atoms with Gasteiger partial charge in [0, 0.05) is 13.5 Å². The van der Waals surface area contributed by atoms with Gasteiger partial charge >= 0.3 is 5.97 Å². The topological polar surface area (TPSA) is 140 Å². The number of rotatable bonds is 9. The molecule has 37 heavy (non-hydrogen) atoms. The van der Waals surface area contributed by atoms with Crippen LogP contribution >= 0.6 is 0 Å². The van der Waals surface area contributed by atoms with Gasteiger partial charge in [0.15, 0.2) is 28.9 Å². The summed E-state index contributed by atoms with van der Waals surface area (Å²) in [7, 11) is 1.63. The molecule has 3 heterocycles. The summed E-state index contributed by atoms with van der Waals surface area (Å²) < 4.78 is 28.3. The van der Waals surface area contributed by atoms with E-state index in [2.05, 4.69) is 25.6 Å². The molecule has 4 atom stereocenters. The molecule has 1 fully saturated rings. The number of aromatic nitrogens is 4. The molecule has 0 radical (unpaired) electrons. The second-order valence-electron chi connectivity index (χ2n) is 9.58. The number of nitrogens with one attached hydrogen (secondary N) is 2. The van der Waals surface area contributed by atoms with Crippen LogP contribution in [0.1, 0.15) is 39.0 Å². The zero-order valence-corrected chi connectivity index (χ0v) is 21.1.